The molecule has 4 aromatic heterocycles. The van der Waals surface area contributed by atoms with E-state index in [4.69, 9.17) is 20.8 Å². The van der Waals surface area contributed by atoms with E-state index in [0.717, 1.165) is 70.4 Å². The average molecular weight is 1470 g/mol. The molecular weight excluding hydrogens is 1390 g/mol. The number of aromatic nitrogens is 10. The van der Waals surface area contributed by atoms with Crippen molar-refractivity contribution in [1.29, 1.82) is 0 Å². The number of halogens is 18. The Balaban J connectivity index is 0.000000290. The van der Waals surface area contributed by atoms with E-state index in [0.29, 0.717) is 88.5 Å². The average Bonchev–Trinajstić information content (AvgIpc) is 1.72. The second kappa shape index (κ2) is 35.0. The molecule has 6 N–H and O–H groups in total. The van der Waals surface area contributed by atoms with Crippen LogP contribution in [0.5, 0.6) is 0 Å². The molecular formula is C62H76F18N16O5. The fraction of sp³-hybridized carbons (Fsp3) is 0.581. The van der Waals surface area contributed by atoms with Crippen molar-refractivity contribution < 1.29 is 104 Å². The predicted molar refractivity (Wildman–Crippen MR) is 328 cm³/mol. The van der Waals surface area contributed by atoms with Crippen molar-refractivity contribution in [3.05, 3.63) is 117 Å². The number of nitrogens with two attached hydrogens (primary N) is 2. The first kappa shape index (κ1) is 81.6. The van der Waals surface area contributed by atoms with E-state index in [9.17, 15) is 88.6 Å². The molecule has 0 spiro atoms. The van der Waals surface area contributed by atoms with Crippen molar-refractivity contribution in [2.75, 3.05) is 59.0 Å². The van der Waals surface area contributed by atoms with E-state index in [-0.39, 0.29) is 89.2 Å². The number of aryl methyl sites for hydroxylation is 2. The lowest BCUT2D eigenvalue weighted by Crippen LogP contribution is -2.34. The molecule has 1 saturated heterocycles. The maximum Gasteiger partial charge on any atom is 0.417 e. The number of tetrazole rings is 2. The van der Waals surface area contributed by atoms with Crippen LogP contribution in [0, 0.1) is 23.7 Å². The number of benzene rings is 2. The summed E-state index contributed by atoms with van der Waals surface area (Å²) in [5, 5.41) is 38.7. The number of hydrogen-bond acceptors (Lipinski definition) is 17. The summed E-state index contributed by atoms with van der Waals surface area (Å²) in [6.45, 7) is 4.77. The van der Waals surface area contributed by atoms with E-state index in [2.05, 4.69) is 46.7 Å². The van der Waals surface area contributed by atoms with Crippen molar-refractivity contribution in [2.24, 2.45) is 49.4 Å². The third-order valence-corrected chi connectivity index (χ3v) is 16.9. The predicted octanol–water partition coefficient (Wildman–Crippen LogP) is 13.5. The first-order chi connectivity index (χ1) is 47.2. The minimum atomic E-state index is -5.11. The first-order valence-electron chi connectivity index (χ1n) is 31.7. The maximum atomic E-state index is 13.9. The summed E-state index contributed by atoms with van der Waals surface area (Å²) >= 11 is 0. The lowest BCUT2D eigenvalue weighted by atomic mass is 9.80. The number of pyridine rings is 2. The highest BCUT2D eigenvalue weighted by atomic mass is 19.4. The molecule has 39 heteroatoms. The lowest BCUT2D eigenvalue weighted by molar-refractivity contribution is -0.144. The highest BCUT2D eigenvalue weighted by Crippen LogP contribution is 2.42. The normalized spacial score (nSPS) is 17.5. The summed E-state index contributed by atoms with van der Waals surface area (Å²) in [4.78, 5) is 38.5. The summed E-state index contributed by atoms with van der Waals surface area (Å²) in [7, 11) is 2.73. The molecule has 3 aliphatic rings. The molecule has 560 valence electrons. The number of nitrogens with zero attached hydrogens (tertiary/aromatic N) is 14. The van der Waals surface area contributed by atoms with Gasteiger partial charge in [0.25, 0.3) is 11.9 Å². The molecule has 101 heavy (non-hydrogen) atoms. The Morgan fingerprint density at radius 3 is 1.05 bits per heavy atom. The van der Waals surface area contributed by atoms with Crippen LogP contribution in [-0.2, 0) is 91.7 Å². The molecule has 0 radical (unpaired) electrons. The number of primary amides is 1. The van der Waals surface area contributed by atoms with Gasteiger partial charge in [-0.1, -0.05) is 10.2 Å². The lowest BCUT2D eigenvalue weighted by Gasteiger charge is -2.34. The van der Waals surface area contributed by atoms with Crippen LogP contribution in [0.1, 0.15) is 147 Å². The summed E-state index contributed by atoms with van der Waals surface area (Å²) in [5.41, 5.74) is -3.94. The Hall–Kier alpha value is -8.36. The van der Waals surface area contributed by atoms with Crippen LogP contribution in [0.2, 0.25) is 0 Å². The molecule has 0 unspecified atom stereocenters. The van der Waals surface area contributed by atoms with E-state index in [1.807, 2.05) is 0 Å². The van der Waals surface area contributed by atoms with E-state index in [1.54, 1.807) is 23.6 Å². The molecule has 2 saturated carbocycles. The Labute approximate surface area is 567 Å². The number of amides is 1. The number of hydrogen-bond donors (Lipinski definition) is 4. The van der Waals surface area contributed by atoms with Crippen molar-refractivity contribution in [3.63, 3.8) is 0 Å². The monoisotopic (exact) mass is 1470 g/mol. The van der Waals surface area contributed by atoms with Gasteiger partial charge in [0, 0.05) is 102 Å². The Morgan fingerprint density at radius 1 is 0.475 bits per heavy atom. The third kappa shape index (κ3) is 24.7. The van der Waals surface area contributed by atoms with E-state index >= 15 is 0 Å². The van der Waals surface area contributed by atoms with E-state index in [1.165, 1.54) is 26.9 Å². The van der Waals surface area contributed by atoms with Gasteiger partial charge in [0.1, 0.15) is 11.6 Å². The smallest absolute Gasteiger partial charge is 0.417 e. The third-order valence-electron chi connectivity index (χ3n) is 16.9. The Bertz CT molecular complexity index is 3320. The van der Waals surface area contributed by atoms with Crippen LogP contribution in [0.4, 0.5) is 103 Å². The first-order valence-corrected chi connectivity index (χ1v) is 31.7. The topological polar surface area (TPSA) is 262 Å². The summed E-state index contributed by atoms with van der Waals surface area (Å²) < 4.78 is 251. The standard InChI is InChI=1S/C29H33F9N8O.C29H32F9N7O2.C4H8O.H3NO/c1-3-45(14-18-6-4-17(5-7-18)10-24(39)47)25-20(11-23(13-40-25)29(36,37)38)16-46(26-41-43-44(2)42-26)15-19-8-21(27(30,31)32)12-22(9-19)28(33,34)35;1-3-44(14-18-6-4-17(5-7-18)10-24(46)47)25-20(11-23(13-39-25)29(36,37)38)16-45(26-40-42-43(2)41-26)15-19-8-21(27(30,31)32)12-22(9-19)28(33,34)35;1-2-4-5-3-1;1-2/h8-9,11-13,17-18H,3-7,10,14-16H2,1-2H3,(H2,39,47);8-9,11-13,17-18H,3-7,10,14-16H2,1-2H3,(H,46,47);1-4H2;2H,1H2. The van der Waals surface area contributed by atoms with Crippen LogP contribution in [0.25, 0.3) is 0 Å². The van der Waals surface area contributed by atoms with Gasteiger partial charge in [0.15, 0.2) is 0 Å². The van der Waals surface area contributed by atoms with Gasteiger partial charge in [-0.05, 0) is 172 Å². The number of carboxylic acid groups (broad SMARTS) is 1. The van der Waals surface area contributed by atoms with Crippen molar-refractivity contribution in [1.82, 2.24) is 50.4 Å². The van der Waals surface area contributed by atoms with Gasteiger partial charge in [-0.15, -0.1) is 10.2 Å². The number of anilines is 4. The highest BCUT2D eigenvalue weighted by molar-refractivity contribution is 5.74. The van der Waals surface area contributed by atoms with Crippen LogP contribution >= 0.6 is 0 Å². The van der Waals surface area contributed by atoms with Gasteiger partial charge in [0.05, 0.1) is 47.5 Å². The number of rotatable bonds is 22. The van der Waals surface area contributed by atoms with Crippen LogP contribution in [0.3, 0.4) is 0 Å². The van der Waals surface area contributed by atoms with Gasteiger partial charge in [-0.2, -0.15) is 88.6 Å². The number of aliphatic carboxylic acids is 1. The fourth-order valence-electron chi connectivity index (χ4n) is 12.0. The minimum Gasteiger partial charge on any atom is -0.481 e. The highest BCUT2D eigenvalue weighted by Gasteiger charge is 2.41. The van der Waals surface area contributed by atoms with Gasteiger partial charge in [0.2, 0.25) is 5.91 Å². The van der Waals surface area contributed by atoms with Gasteiger partial charge in [-0.25, -0.2) is 15.9 Å². The molecule has 0 atom stereocenters. The largest absolute Gasteiger partial charge is 0.481 e. The molecule has 1 aliphatic heterocycles. The molecule has 5 heterocycles. The van der Waals surface area contributed by atoms with Gasteiger partial charge >= 0.3 is 43.0 Å². The van der Waals surface area contributed by atoms with Crippen LogP contribution in [0.15, 0.2) is 60.9 Å². The van der Waals surface area contributed by atoms with Crippen LogP contribution in [-0.4, -0.2) is 112 Å². The molecule has 2 aromatic carbocycles. The second-order valence-corrected chi connectivity index (χ2v) is 24.5. The zero-order valence-corrected chi connectivity index (χ0v) is 55.0. The minimum absolute atomic E-state index is 0.000404. The van der Waals surface area contributed by atoms with Crippen molar-refractivity contribution in [2.45, 2.75) is 154 Å². The van der Waals surface area contributed by atoms with Crippen molar-refractivity contribution >= 4 is 35.4 Å². The number of alkyl halides is 18. The van der Waals surface area contributed by atoms with Gasteiger partial charge < -0.3 is 40.4 Å². The SMILES string of the molecule is C1CCOC1.CCN(CC1CCC(CC(=O)O)CC1)c1ncc(C(F)(F)F)cc1CN(Cc1cc(C(F)(F)F)cc(C(F)(F)F)c1)c1nnn(C)n1.CCN(CC1CCC(CC(N)=O)CC1)c1ncc(C(F)(F)F)cc1CN(Cc1cc(C(F)(F)F)cc(C(F)(F)F)c1)c1nnn(C)n1.NO. The molecule has 6 aromatic rings. The Kier molecular flexibility index (Phi) is 28.3. The van der Waals surface area contributed by atoms with E-state index < -0.39 is 114 Å². The molecule has 9 rings (SSSR count). The second-order valence-electron chi connectivity index (χ2n) is 24.5. The summed E-state index contributed by atoms with van der Waals surface area (Å²) in [6.07, 6.45) is -20.1. The molecule has 2 aliphatic carbocycles. The van der Waals surface area contributed by atoms with Crippen LogP contribution < -0.4 is 31.2 Å². The zero-order valence-electron chi connectivity index (χ0n) is 55.0. The fourth-order valence-corrected chi connectivity index (χ4v) is 12.0. The van der Waals surface area contributed by atoms with Crippen molar-refractivity contribution in [3.8, 4) is 0 Å². The maximum absolute atomic E-state index is 13.9. The molecule has 3 fully saturated rings. The number of carboxylic acids is 1. The number of ether oxygens (including phenoxy) is 1. The quantitative estimate of drug-likeness (QED) is 0.0364. The number of carbonyl (C=O) groups is 2. The van der Waals surface area contributed by atoms with Gasteiger partial charge in [-0.3, -0.25) is 9.59 Å². The summed E-state index contributed by atoms with van der Waals surface area (Å²) in [6, 6.07) is 3.80. The molecule has 21 nitrogen and oxygen atoms in total. The molecule has 0 bridgehead atoms. The Morgan fingerprint density at radius 2 is 0.792 bits per heavy atom. The summed E-state index contributed by atoms with van der Waals surface area (Å²) in [5.74, 6) is 2.43. The molecule has 1 amide bonds. The zero-order chi connectivity index (χ0) is 75.0. The number of carbonyl (C=O) groups excluding carboxylic acids is 1.